The van der Waals surface area contributed by atoms with E-state index in [2.05, 4.69) is 22.3 Å². The summed E-state index contributed by atoms with van der Waals surface area (Å²) in [4.78, 5) is 4.07. The Hall–Kier alpha value is -0.770. The number of rotatable bonds is 4. The lowest BCUT2D eigenvalue weighted by Gasteiger charge is -1.95. The molecule has 5 heteroatoms. The summed E-state index contributed by atoms with van der Waals surface area (Å²) in [5.74, 6) is 0.730. The maximum Gasteiger partial charge on any atom is 0.242 e. The summed E-state index contributed by atoms with van der Waals surface area (Å²) in [6, 6.07) is 0. The van der Waals surface area contributed by atoms with Crippen LogP contribution >= 0.6 is 12.4 Å². The van der Waals surface area contributed by atoms with Crippen molar-refractivity contribution in [2.45, 2.75) is 26.8 Å². The molecule has 0 spiro atoms. The van der Waals surface area contributed by atoms with Gasteiger partial charge in [-0.25, -0.2) is 4.98 Å². The lowest BCUT2D eigenvalue weighted by Crippen LogP contribution is -2.02. The first kappa shape index (κ1) is 11.2. The third kappa shape index (κ3) is 3.09. The van der Waals surface area contributed by atoms with Gasteiger partial charge in [-0.05, 0) is 13.3 Å². The monoisotopic (exact) mass is 190 g/mol. The van der Waals surface area contributed by atoms with Gasteiger partial charge in [0.05, 0.1) is 0 Å². The van der Waals surface area contributed by atoms with Crippen molar-refractivity contribution in [1.82, 2.24) is 14.8 Å². The molecule has 0 amide bonds. The molecule has 0 aliphatic heterocycles. The number of aryl methyl sites for hydroxylation is 1. The molecule has 0 fully saturated rings. The number of halogens is 1. The van der Waals surface area contributed by atoms with Crippen molar-refractivity contribution in [2.75, 3.05) is 11.9 Å². The van der Waals surface area contributed by atoms with Crippen molar-refractivity contribution < 1.29 is 0 Å². The predicted octanol–water partition coefficient (Wildman–Crippen LogP) is 1.54. The zero-order valence-electron chi connectivity index (χ0n) is 7.45. The van der Waals surface area contributed by atoms with Gasteiger partial charge < -0.3 is 5.32 Å². The fourth-order valence-corrected chi connectivity index (χ4v) is 0.765. The van der Waals surface area contributed by atoms with Crippen LogP contribution in [0.4, 0.5) is 5.95 Å². The van der Waals surface area contributed by atoms with E-state index in [1.165, 1.54) is 0 Å². The molecule has 0 aromatic carbocycles. The van der Waals surface area contributed by atoms with E-state index in [0.29, 0.717) is 0 Å². The Morgan fingerprint density at radius 2 is 2.25 bits per heavy atom. The second-order valence-electron chi connectivity index (χ2n) is 2.35. The summed E-state index contributed by atoms with van der Waals surface area (Å²) in [6.07, 6.45) is 2.83. The van der Waals surface area contributed by atoms with Gasteiger partial charge in [-0.15, -0.1) is 17.5 Å². The van der Waals surface area contributed by atoms with Crippen LogP contribution in [0.5, 0.6) is 0 Å². The Balaban J connectivity index is 0.00000121. The molecule has 1 rings (SSSR count). The summed E-state index contributed by atoms with van der Waals surface area (Å²) < 4.78 is 1.80. The van der Waals surface area contributed by atoms with E-state index in [-0.39, 0.29) is 12.4 Å². The van der Waals surface area contributed by atoms with E-state index < -0.39 is 0 Å². The smallest absolute Gasteiger partial charge is 0.242 e. The molecule has 0 bridgehead atoms. The van der Waals surface area contributed by atoms with Crippen molar-refractivity contribution in [2.24, 2.45) is 0 Å². The maximum absolute atomic E-state index is 4.16. The molecule has 1 aromatic rings. The Kier molecular flexibility index (Phi) is 5.45. The Morgan fingerprint density at radius 3 is 2.75 bits per heavy atom. The van der Waals surface area contributed by atoms with Crippen LogP contribution in [0.1, 0.15) is 20.3 Å². The minimum Gasteiger partial charge on any atom is -0.353 e. The summed E-state index contributed by atoms with van der Waals surface area (Å²) in [7, 11) is 0. The Labute approximate surface area is 78.8 Å². The standard InChI is InChI=1S/C7H14N4.ClH/c1-3-5-8-7-9-6-11(4-2)10-7;/h6H,3-5H2,1-2H3,(H,8,10);1H. The molecule has 1 N–H and O–H groups in total. The molecule has 0 atom stereocenters. The SMILES string of the molecule is CCCNc1ncn(CC)n1.Cl. The zero-order valence-corrected chi connectivity index (χ0v) is 8.27. The van der Waals surface area contributed by atoms with Gasteiger partial charge in [-0.1, -0.05) is 6.92 Å². The normalized spacial score (nSPS) is 9.17. The van der Waals surface area contributed by atoms with Crippen LogP contribution < -0.4 is 5.32 Å². The highest BCUT2D eigenvalue weighted by atomic mass is 35.5. The van der Waals surface area contributed by atoms with Gasteiger partial charge in [0.25, 0.3) is 0 Å². The molecule has 12 heavy (non-hydrogen) atoms. The third-order valence-corrected chi connectivity index (χ3v) is 1.39. The minimum atomic E-state index is 0. The molecule has 1 aromatic heterocycles. The number of hydrogen-bond acceptors (Lipinski definition) is 3. The van der Waals surface area contributed by atoms with Crippen LogP contribution in [0.25, 0.3) is 0 Å². The van der Waals surface area contributed by atoms with E-state index in [9.17, 15) is 0 Å². The molecule has 4 nitrogen and oxygen atoms in total. The van der Waals surface area contributed by atoms with Crippen molar-refractivity contribution >= 4 is 18.4 Å². The van der Waals surface area contributed by atoms with Gasteiger partial charge in [-0.3, -0.25) is 4.68 Å². The molecule has 70 valence electrons. The van der Waals surface area contributed by atoms with Crippen LogP contribution in [0.15, 0.2) is 6.33 Å². The minimum absolute atomic E-state index is 0. The summed E-state index contributed by atoms with van der Waals surface area (Å²) in [5, 5.41) is 7.27. The van der Waals surface area contributed by atoms with E-state index in [1.807, 2.05) is 6.92 Å². The van der Waals surface area contributed by atoms with Gasteiger partial charge in [0, 0.05) is 13.1 Å². The largest absolute Gasteiger partial charge is 0.353 e. The van der Waals surface area contributed by atoms with Gasteiger partial charge >= 0.3 is 0 Å². The first-order valence-electron chi connectivity index (χ1n) is 4.00. The van der Waals surface area contributed by atoms with Crippen LogP contribution in [0.2, 0.25) is 0 Å². The van der Waals surface area contributed by atoms with Crippen LogP contribution in [0, 0.1) is 0 Å². The highest BCUT2D eigenvalue weighted by Gasteiger charge is 1.95. The number of nitrogens with one attached hydrogen (secondary N) is 1. The molecule has 0 aliphatic carbocycles. The first-order chi connectivity index (χ1) is 5.36. The summed E-state index contributed by atoms with van der Waals surface area (Å²) in [5.41, 5.74) is 0. The second-order valence-corrected chi connectivity index (χ2v) is 2.35. The van der Waals surface area contributed by atoms with E-state index in [0.717, 1.165) is 25.5 Å². The van der Waals surface area contributed by atoms with Crippen LogP contribution in [-0.2, 0) is 6.54 Å². The first-order valence-corrected chi connectivity index (χ1v) is 4.00. The highest BCUT2D eigenvalue weighted by molar-refractivity contribution is 5.85. The van der Waals surface area contributed by atoms with Crippen molar-refractivity contribution in [3.63, 3.8) is 0 Å². The number of aromatic nitrogens is 3. The van der Waals surface area contributed by atoms with E-state index in [4.69, 9.17) is 0 Å². The molecule has 0 saturated heterocycles. The van der Waals surface area contributed by atoms with Crippen molar-refractivity contribution in [1.29, 1.82) is 0 Å². The molecule has 0 saturated carbocycles. The number of hydrogen-bond donors (Lipinski definition) is 1. The fourth-order valence-electron chi connectivity index (χ4n) is 0.765. The average Bonchev–Trinajstić information content (AvgIpc) is 2.48. The maximum atomic E-state index is 4.16. The quantitative estimate of drug-likeness (QED) is 0.784. The van der Waals surface area contributed by atoms with Gasteiger partial charge in [-0.2, -0.15) is 0 Å². The van der Waals surface area contributed by atoms with Crippen molar-refractivity contribution in [3.05, 3.63) is 6.33 Å². The average molecular weight is 191 g/mol. The Bertz CT molecular complexity index is 211. The zero-order chi connectivity index (χ0) is 8.10. The lowest BCUT2D eigenvalue weighted by atomic mass is 10.5. The number of nitrogens with zero attached hydrogens (tertiary/aromatic N) is 3. The van der Waals surface area contributed by atoms with Crippen LogP contribution in [-0.4, -0.2) is 21.3 Å². The molecule has 0 radical (unpaired) electrons. The molecule has 0 unspecified atom stereocenters. The summed E-state index contributed by atoms with van der Waals surface area (Å²) >= 11 is 0. The molecular formula is C7H15ClN4. The lowest BCUT2D eigenvalue weighted by molar-refractivity contribution is 0.659. The Morgan fingerprint density at radius 1 is 1.50 bits per heavy atom. The summed E-state index contributed by atoms with van der Waals surface area (Å²) in [6.45, 7) is 5.97. The third-order valence-electron chi connectivity index (χ3n) is 1.39. The van der Waals surface area contributed by atoms with Gasteiger partial charge in [0.1, 0.15) is 6.33 Å². The molecule has 1 heterocycles. The fraction of sp³-hybridized carbons (Fsp3) is 0.714. The van der Waals surface area contributed by atoms with E-state index in [1.54, 1.807) is 11.0 Å². The highest BCUT2D eigenvalue weighted by Crippen LogP contribution is 1.95. The topological polar surface area (TPSA) is 42.7 Å². The predicted molar refractivity (Wildman–Crippen MR) is 51.7 cm³/mol. The molecule has 0 aliphatic rings. The van der Waals surface area contributed by atoms with E-state index >= 15 is 0 Å². The van der Waals surface area contributed by atoms with Gasteiger partial charge in [0.2, 0.25) is 5.95 Å². The number of anilines is 1. The second kappa shape index (κ2) is 5.83. The van der Waals surface area contributed by atoms with Crippen LogP contribution in [0.3, 0.4) is 0 Å². The molecular weight excluding hydrogens is 176 g/mol. The van der Waals surface area contributed by atoms with Crippen molar-refractivity contribution in [3.8, 4) is 0 Å². The van der Waals surface area contributed by atoms with Gasteiger partial charge in [0.15, 0.2) is 0 Å².